The number of aliphatic hydroxyl groups excluding tert-OH is 2. The monoisotopic (exact) mass is 541 g/mol. The Morgan fingerprint density at radius 3 is 1.62 bits per heavy atom. The first kappa shape index (κ1) is 31.2. The fourth-order valence-electron chi connectivity index (χ4n) is 3.84. The first-order valence-corrected chi connectivity index (χ1v) is 12.1. The second-order valence-corrected chi connectivity index (χ2v) is 8.84. The molecule has 0 saturated heterocycles. The molecule has 1 aromatic carbocycles. The Balaban J connectivity index is 2.45. The van der Waals surface area contributed by atoms with Gasteiger partial charge in [0.1, 0.15) is 30.2 Å². The number of aliphatic hydroxyl groups is 2. The summed E-state index contributed by atoms with van der Waals surface area (Å²) in [7, 11) is 2.34. The van der Waals surface area contributed by atoms with Crippen molar-refractivity contribution >= 4 is 35.7 Å². The van der Waals surface area contributed by atoms with Gasteiger partial charge in [-0.15, -0.1) is 0 Å². The first-order valence-electron chi connectivity index (χ1n) is 12.1. The molecule has 0 amide bonds. The number of hydrogen-bond acceptors (Lipinski definition) is 9. The second-order valence-electron chi connectivity index (χ2n) is 8.84. The van der Waals surface area contributed by atoms with Gasteiger partial charge in [-0.05, 0) is 37.1 Å². The number of esters is 2. The van der Waals surface area contributed by atoms with Crippen LogP contribution in [0.1, 0.15) is 48.2 Å². The number of aromatic nitrogens is 1. The average molecular weight is 542 g/mol. The molecule has 1 heterocycles. The Kier molecular flexibility index (Phi) is 11.8. The summed E-state index contributed by atoms with van der Waals surface area (Å²) >= 11 is 0. The van der Waals surface area contributed by atoms with E-state index in [2.05, 4.69) is 14.5 Å². The van der Waals surface area contributed by atoms with Gasteiger partial charge in [0.15, 0.2) is 0 Å². The van der Waals surface area contributed by atoms with Crippen LogP contribution in [0.5, 0.6) is 0 Å². The summed E-state index contributed by atoms with van der Waals surface area (Å²) in [6.45, 7) is 3.50. The normalized spacial score (nSPS) is 12.9. The summed E-state index contributed by atoms with van der Waals surface area (Å²) in [6, 6.07) is 5.74. The topological polar surface area (TPSA) is 140 Å². The quantitative estimate of drug-likeness (QED) is 0.289. The van der Waals surface area contributed by atoms with Crippen molar-refractivity contribution in [2.45, 2.75) is 51.7 Å². The first-order chi connectivity index (χ1) is 18.4. The fraction of sp³-hybridized carbons (Fsp3) is 0.345. The third-order valence-electron chi connectivity index (χ3n) is 5.77. The zero-order chi connectivity index (χ0) is 29.1. The smallest absolute Gasteiger partial charge is 0.313 e. The number of carbonyl (C=O) groups is 4. The number of ether oxygens (including phenoxy) is 2. The van der Waals surface area contributed by atoms with Crippen LogP contribution in [0.3, 0.4) is 0 Å². The number of Topliss-reactive ketones (excluding diaryl/α,β-unsaturated/α-hetero) is 2. The number of pyridine rings is 1. The molecular weight excluding hydrogens is 509 g/mol. The summed E-state index contributed by atoms with van der Waals surface area (Å²) in [5.74, 6) is -2.81. The summed E-state index contributed by atoms with van der Waals surface area (Å²) in [4.78, 5) is 51.2. The van der Waals surface area contributed by atoms with E-state index in [-0.39, 0.29) is 12.8 Å². The van der Waals surface area contributed by atoms with Crippen molar-refractivity contribution < 1.29 is 43.3 Å². The number of benzene rings is 1. The summed E-state index contributed by atoms with van der Waals surface area (Å²) < 4.78 is 22.6. The highest BCUT2D eigenvalue weighted by Crippen LogP contribution is 2.33. The molecule has 2 rings (SSSR count). The van der Waals surface area contributed by atoms with E-state index < -0.39 is 54.4 Å². The van der Waals surface area contributed by atoms with Gasteiger partial charge in [0.25, 0.3) is 0 Å². The molecule has 0 aliphatic carbocycles. The Morgan fingerprint density at radius 2 is 1.23 bits per heavy atom. The van der Waals surface area contributed by atoms with Gasteiger partial charge in [0, 0.05) is 35.4 Å². The summed E-state index contributed by atoms with van der Waals surface area (Å²) in [5, 5.41) is 20.8. The van der Waals surface area contributed by atoms with Crippen LogP contribution in [0, 0.1) is 19.7 Å². The molecule has 9 nitrogen and oxygen atoms in total. The highest BCUT2D eigenvalue weighted by molar-refractivity contribution is 5.96. The van der Waals surface area contributed by atoms with Crippen LogP contribution in [0.4, 0.5) is 4.39 Å². The maximum atomic E-state index is 13.7. The molecule has 0 fully saturated rings. The van der Waals surface area contributed by atoms with Gasteiger partial charge in [0.05, 0.1) is 26.4 Å². The van der Waals surface area contributed by atoms with Crippen LogP contribution >= 0.6 is 0 Å². The highest BCUT2D eigenvalue weighted by Gasteiger charge is 2.18. The van der Waals surface area contributed by atoms with E-state index in [9.17, 15) is 33.8 Å². The molecule has 1 aromatic heterocycles. The number of nitrogens with zero attached hydrogens (tertiary/aromatic N) is 1. The van der Waals surface area contributed by atoms with Gasteiger partial charge in [-0.2, -0.15) is 0 Å². The molecule has 0 bridgehead atoms. The third kappa shape index (κ3) is 9.66. The molecule has 2 unspecified atom stereocenters. The zero-order valence-corrected chi connectivity index (χ0v) is 22.3. The van der Waals surface area contributed by atoms with E-state index in [4.69, 9.17) is 0 Å². The van der Waals surface area contributed by atoms with E-state index in [1.165, 1.54) is 38.5 Å². The van der Waals surface area contributed by atoms with Crippen LogP contribution in [-0.4, -0.2) is 65.1 Å². The van der Waals surface area contributed by atoms with Crippen molar-refractivity contribution in [1.82, 2.24) is 4.98 Å². The van der Waals surface area contributed by atoms with Crippen molar-refractivity contribution in [2.75, 3.05) is 14.2 Å². The van der Waals surface area contributed by atoms with E-state index in [0.29, 0.717) is 33.6 Å². The van der Waals surface area contributed by atoms with Crippen molar-refractivity contribution in [1.29, 1.82) is 0 Å². The highest BCUT2D eigenvalue weighted by atomic mass is 19.1. The SMILES string of the molecule is COC(=O)CC(=O)CC(O)/C=C/c1c(C)nc(C)c(/C=C/C(O)CC(=O)CC(=O)OC)c1-c1ccc(F)cc1. The Hall–Kier alpha value is -4.02. The Morgan fingerprint density at radius 1 is 0.821 bits per heavy atom. The molecule has 2 N–H and O–H groups in total. The van der Waals surface area contributed by atoms with E-state index in [1.54, 1.807) is 38.1 Å². The number of hydrogen-bond donors (Lipinski definition) is 2. The standard InChI is InChI=1S/C29H32FNO8/c1-17-25(11-9-21(32)13-23(34)15-27(36)38-3)29(19-5-7-20(30)8-6-19)26(18(2)31-17)12-10-22(33)14-24(35)16-28(37)39-4/h5-12,21-22,32-33H,13-16H2,1-4H3/b11-9+,12-10+. The maximum absolute atomic E-state index is 13.7. The van der Waals surface area contributed by atoms with Crippen molar-refractivity contribution in [2.24, 2.45) is 0 Å². The maximum Gasteiger partial charge on any atom is 0.313 e. The number of halogens is 1. The molecule has 0 aliphatic heterocycles. The second kappa shape index (κ2) is 14.8. The number of methoxy groups -OCH3 is 2. The lowest BCUT2D eigenvalue weighted by molar-refractivity contribution is -0.145. The van der Waals surface area contributed by atoms with Gasteiger partial charge < -0.3 is 19.7 Å². The van der Waals surface area contributed by atoms with Gasteiger partial charge in [-0.3, -0.25) is 24.2 Å². The largest absolute Gasteiger partial charge is 0.469 e. The minimum Gasteiger partial charge on any atom is -0.469 e. The van der Waals surface area contributed by atoms with Gasteiger partial charge in [-0.1, -0.05) is 36.4 Å². The average Bonchev–Trinajstić information content (AvgIpc) is 2.87. The number of ketones is 2. The van der Waals surface area contributed by atoms with Crippen molar-refractivity contribution in [3.8, 4) is 11.1 Å². The lowest BCUT2D eigenvalue weighted by Gasteiger charge is -2.17. The molecule has 39 heavy (non-hydrogen) atoms. The van der Waals surface area contributed by atoms with E-state index >= 15 is 0 Å². The molecule has 2 atom stereocenters. The summed E-state index contributed by atoms with van der Waals surface area (Å²) in [6.07, 6.45) is 2.10. The van der Waals surface area contributed by atoms with Crippen LogP contribution in [0.2, 0.25) is 0 Å². The minimum atomic E-state index is -1.19. The third-order valence-corrected chi connectivity index (χ3v) is 5.77. The predicted molar refractivity (Wildman–Crippen MR) is 142 cm³/mol. The lowest BCUT2D eigenvalue weighted by atomic mass is 9.91. The molecule has 0 aliphatic rings. The minimum absolute atomic E-state index is 0.297. The molecule has 0 saturated carbocycles. The van der Waals surface area contributed by atoms with Gasteiger partial charge in [0.2, 0.25) is 0 Å². The van der Waals surface area contributed by atoms with E-state index in [1.807, 2.05) is 0 Å². The van der Waals surface area contributed by atoms with Crippen molar-refractivity contribution in [3.63, 3.8) is 0 Å². The molecule has 0 radical (unpaired) electrons. The number of aryl methyl sites for hydroxylation is 2. The Bertz CT molecular complexity index is 1190. The number of carbonyl (C=O) groups excluding carboxylic acids is 4. The zero-order valence-electron chi connectivity index (χ0n) is 22.3. The molecule has 0 spiro atoms. The lowest BCUT2D eigenvalue weighted by Crippen LogP contribution is -2.15. The van der Waals surface area contributed by atoms with Gasteiger partial charge in [-0.25, -0.2) is 4.39 Å². The van der Waals surface area contributed by atoms with Crippen LogP contribution in [0.25, 0.3) is 23.3 Å². The fourth-order valence-corrected chi connectivity index (χ4v) is 3.84. The number of rotatable bonds is 13. The van der Waals surface area contributed by atoms with Crippen molar-refractivity contribution in [3.05, 3.63) is 64.7 Å². The summed E-state index contributed by atoms with van der Waals surface area (Å²) in [5.41, 5.74) is 3.56. The van der Waals surface area contributed by atoms with Crippen LogP contribution in [0.15, 0.2) is 36.4 Å². The van der Waals surface area contributed by atoms with Gasteiger partial charge >= 0.3 is 11.9 Å². The van der Waals surface area contributed by atoms with Crippen LogP contribution < -0.4 is 0 Å². The van der Waals surface area contributed by atoms with E-state index in [0.717, 1.165) is 0 Å². The molecular formula is C29H32FNO8. The molecule has 208 valence electrons. The Labute approximate surface area is 226 Å². The molecule has 10 heteroatoms. The molecule has 2 aromatic rings. The van der Waals surface area contributed by atoms with Crippen LogP contribution in [-0.2, 0) is 28.7 Å². The predicted octanol–water partition coefficient (Wildman–Crippen LogP) is 3.30.